The summed E-state index contributed by atoms with van der Waals surface area (Å²) in [5, 5.41) is 9.44. The van der Waals surface area contributed by atoms with E-state index in [-0.39, 0.29) is 25.6 Å². The van der Waals surface area contributed by atoms with Crippen LogP contribution in [0.2, 0.25) is 0 Å². The summed E-state index contributed by atoms with van der Waals surface area (Å²) in [7, 11) is 0. The van der Waals surface area contributed by atoms with Crippen molar-refractivity contribution in [2.24, 2.45) is 4.99 Å². The molecule has 1 atom stereocenters. The molecule has 0 amide bonds. The highest BCUT2D eigenvalue weighted by Crippen LogP contribution is 2.39. The third-order valence-electron chi connectivity index (χ3n) is 7.69. The molecule has 3 heterocycles. The van der Waals surface area contributed by atoms with Gasteiger partial charge in [0.2, 0.25) is 6.79 Å². The number of carbonyl (C=O) groups excluding carboxylic acids is 1. The van der Waals surface area contributed by atoms with Crippen molar-refractivity contribution in [3.05, 3.63) is 114 Å². The second kappa shape index (κ2) is 14.0. The first-order valence-electron chi connectivity index (χ1n) is 15.4. The zero-order valence-corrected chi connectivity index (χ0v) is 27.1. The van der Waals surface area contributed by atoms with Crippen molar-refractivity contribution in [3.8, 4) is 29.1 Å². The van der Waals surface area contributed by atoms with Gasteiger partial charge in [-0.05, 0) is 67.8 Å². The predicted octanol–water partition coefficient (Wildman–Crippen LogP) is 5.16. The number of aromatic nitrogens is 1. The van der Waals surface area contributed by atoms with Crippen LogP contribution in [0.5, 0.6) is 23.0 Å². The highest BCUT2D eigenvalue weighted by molar-refractivity contribution is 7.07. The number of carbonyl (C=O) groups is 1. The molecule has 1 aromatic heterocycles. The summed E-state index contributed by atoms with van der Waals surface area (Å²) in [6, 6.07) is 19.6. The van der Waals surface area contributed by atoms with Crippen LogP contribution in [0, 0.1) is 11.3 Å². The first-order valence-corrected chi connectivity index (χ1v) is 16.3. The largest absolute Gasteiger partial charge is 0.490 e. The molecule has 0 unspecified atom stereocenters. The zero-order valence-electron chi connectivity index (χ0n) is 26.3. The van der Waals surface area contributed by atoms with Crippen LogP contribution in [0.25, 0.3) is 6.08 Å². The van der Waals surface area contributed by atoms with Gasteiger partial charge in [0.1, 0.15) is 6.61 Å². The number of thiazole rings is 1. The molecule has 3 aromatic carbocycles. The fraction of sp³-hybridized carbons (Fsp3) is 0.278. The molecule has 2 aliphatic heterocycles. The quantitative estimate of drug-likeness (QED) is 0.204. The summed E-state index contributed by atoms with van der Waals surface area (Å²) in [4.78, 5) is 33.0. The lowest BCUT2D eigenvalue weighted by atomic mass is 9.94. The second-order valence-corrected chi connectivity index (χ2v) is 11.7. The van der Waals surface area contributed by atoms with Crippen molar-refractivity contribution in [2.45, 2.75) is 46.3 Å². The van der Waals surface area contributed by atoms with Crippen molar-refractivity contribution in [1.82, 2.24) is 4.57 Å². The fourth-order valence-corrected chi connectivity index (χ4v) is 6.60. The topological polar surface area (TPSA) is 121 Å². The van der Waals surface area contributed by atoms with Gasteiger partial charge in [0.05, 0.1) is 46.7 Å². The summed E-state index contributed by atoms with van der Waals surface area (Å²) in [6.45, 7) is 6.54. The second-order valence-electron chi connectivity index (χ2n) is 10.7. The molecule has 2 aliphatic rings. The zero-order chi connectivity index (χ0) is 32.9. The van der Waals surface area contributed by atoms with E-state index in [0.717, 1.165) is 17.5 Å². The normalized spacial score (nSPS) is 15.1. The number of fused-ring (bicyclic) bond motifs is 2. The Hall–Kier alpha value is -5.34. The predicted molar refractivity (Wildman–Crippen MR) is 175 cm³/mol. The Morgan fingerprint density at radius 3 is 2.66 bits per heavy atom. The van der Waals surface area contributed by atoms with E-state index in [1.807, 2.05) is 50.2 Å². The lowest BCUT2D eigenvalue weighted by Crippen LogP contribution is -2.40. The van der Waals surface area contributed by atoms with Gasteiger partial charge in [0.25, 0.3) is 5.56 Å². The highest BCUT2D eigenvalue weighted by Gasteiger charge is 2.35. The number of esters is 1. The Labute approximate surface area is 275 Å². The summed E-state index contributed by atoms with van der Waals surface area (Å²) in [5.41, 5.74) is 3.37. The van der Waals surface area contributed by atoms with Gasteiger partial charge in [-0.2, -0.15) is 5.26 Å². The van der Waals surface area contributed by atoms with E-state index in [1.165, 1.54) is 11.3 Å². The fourth-order valence-electron chi connectivity index (χ4n) is 5.58. The number of ether oxygens (including phenoxy) is 5. The van der Waals surface area contributed by atoms with E-state index in [2.05, 4.69) is 6.07 Å². The standard InChI is InChI=1S/C36H33N3O7S/c1-4-9-26-32(35(41)43-6-3)33(23-13-15-28-30(18-23)46-21-45-28)39-34(40)31(47-36(39)38-26)17-22-12-14-27(29(16-22)42-5-2)44-20-25-11-8-7-10-24(25)19-37/h7-8,10-18,33H,4-6,9,20-21H2,1-3H3/b31-17+/t33-/m0/s1. The van der Waals surface area contributed by atoms with E-state index < -0.39 is 12.0 Å². The molecule has 0 aliphatic carbocycles. The van der Waals surface area contributed by atoms with Crippen molar-refractivity contribution in [3.63, 3.8) is 0 Å². The molecule has 0 saturated heterocycles. The van der Waals surface area contributed by atoms with Gasteiger partial charge >= 0.3 is 5.97 Å². The maximum Gasteiger partial charge on any atom is 0.338 e. The molecule has 0 spiro atoms. The summed E-state index contributed by atoms with van der Waals surface area (Å²) in [6.07, 6.45) is 3.07. The lowest BCUT2D eigenvalue weighted by molar-refractivity contribution is -0.139. The van der Waals surface area contributed by atoms with Crippen molar-refractivity contribution < 1.29 is 28.5 Å². The molecule has 0 saturated carbocycles. The van der Waals surface area contributed by atoms with Crippen LogP contribution in [-0.2, 0) is 16.1 Å². The monoisotopic (exact) mass is 651 g/mol. The Morgan fingerprint density at radius 2 is 1.87 bits per heavy atom. The van der Waals surface area contributed by atoms with Crippen LogP contribution in [-0.4, -0.2) is 30.5 Å². The van der Waals surface area contributed by atoms with Gasteiger partial charge in [-0.15, -0.1) is 0 Å². The number of nitrogens with zero attached hydrogens (tertiary/aromatic N) is 3. The van der Waals surface area contributed by atoms with E-state index in [9.17, 15) is 14.9 Å². The Balaban J connectivity index is 1.43. The van der Waals surface area contributed by atoms with Gasteiger partial charge in [-0.3, -0.25) is 9.36 Å². The minimum atomic E-state index is -0.769. The van der Waals surface area contributed by atoms with Crippen LogP contribution in [0.15, 0.2) is 81.7 Å². The van der Waals surface area contributed by atoms with Crippen molar-refractivity contribution in [2.75, 3.05) is 20.0 Å². The van der Waals surface area contributed by atoms with E-state index in [1.54, 1.807) is 41.8 Å². The minimum absolute atomic E-state index is 0.101. The van der Waals surface area contributed by atoms with Crippen LogP contribution >= 0.6 is 11.3 Å². The third kappa shape index (κ3) is 6.37. The third-order valence-corrected chi connectivity index (χ3v) is 8.67. The van der Waals surface area contributed by atoms with E-state index in [0.29, 0.717) is 67.8 Å². The number of allylic oxidation sites excluding steroid dienone is 1. The SMILES string of the molecule is CCCC1=C(C(=O)OCC)[C@H](c2ccc3c(c2)OCO3)n2c(s/c(=C/c3ccc(OCc4ccccc4C#N)c(OCC)c3)c2=O)=N1. The molecule has 240 valence electrons. The van der Waals surface area contributed by atoms with Crippen molar-refractivity contribution in [1.29, 1.82) is 5.26 Å². The molecular weight excluding hydrogens is 618 g/mol. The first kappa shape index (κ1) is 31.6. The van der Waals surface area contributed by atoms with Gasteiger partial charge in [0, 0.05) is 5.56 Å². The lowest BCUT2D eigenvalue weighted by Gasteiger charge is -2.25. The summed E-state index contributed by atoms with van der Waals surface area (Å²) >= 11 is 1.26. The molecular formula is C36H33N3O7S. The first-order chi connectivity index (χ1) is 22.9. The van der Waals surface area contributed by atoms with E-state index >= 15 is 0 Å². The van der Waals surface area contributed by atoms with Crippen LogP contribution in [0.4, 0.5) is 0 Å². The molecule has 6 rings (SSSR count). The Bertz CT molecular complexity index is 2090. The molecule has 0 N–H and O–H groups in total. The maximum absolute atomic E-state index is 14.2. The van der Waals surface area contributed by atoms with Crippen LogP contribution in [0.1, 0.15) is 61.9 Å². The average Bonchev–Trinajstić information content (AvgIpc) is 3.67. The number of benzene rings is 3. The Kier molecular flexibility index (Phi) is 9.40. The molecule has 0 bridgehead atoms. The van der Waals surface area contributed by atoms with Gasteiger partial charge in [-0.1, -0.05) is 55.0 Å². The van der Waals surface area contributed by atoms with Gasteiger partial charge < -0.3 is 23.7 Å². The van der Waals surface area contributed by atoms with Crippen LogP contribution < -0.4 is 33.8 Å². The average molecular weight is 652 g/mol. The summed E-state index contributed by atoms with van der Waals surface area (Å²) in [5.74, 6) is 1.67. The molecule has 10 nitrogen and oxygen atoms in total. The number of hydrogen-bond acceptors (Lipinski definition) is 10. The maximum atomic E-state index is 14.2. The van der Waals surface area contributed by atoms with Crippen LogP contribution in [0.3, 0.4) is 0 Å². The van der Waals surface area contributed by atoms with Crippen molar-refractivity contribution >= 4 is 23.4 Å². The highest BCUT2D eigenvalue weighted by atomic mass is 32.1. The molecule has 0 fully saturated rings. The molecule has 0 radical (unpaired) electrons. The minimum Gasteiger partial charge on any atom is -0.490 e. The van der Waals surface area contributed by atoms with Gasteiger partial charge in [0.15, 0.2) is 27.8 Å². The Morgan fingerprint density at radius 1 is 1.04 bits per heavy atom. The number of nitriles is 1. The molecule has 47 heavy (non-hydrogen) atoms. The number of hydrogen-bond donors (Lipinski definition) is 0. The van der Waals surface area contributed by atoms with E-state index in [4.69, 9.17) is 28.7 Å². The van der Waals surface area contributed by atoms with Gasteiger partial charge in [-0.25, -0.2) is 9.79 Å². The molecule has 11 heteroatoms. The number of rotatable bonds is 11. The smallest absolute Gasteiger partial charge is 0.338 e. The molecule has 4 aromatic rings. The summed E-state index contributed by atoms with van der Waals surface area (Å²) < 4.78 is 30.6.